The molecule has 0 heterocycles. The number of rotatable bonds is 7. The third-order valence-corrected chi connectivity index (χ3v) is 8.75. The van der Waals surface area contributed by atoms with Gasteiger partial charge in [-0.05, 0) is 58.5 Å². The Morgan fingerprint density at radius 3 is 1.88 bits per heavy atom. The first-order valence-corrected chi connectivity index (χ1v) is 12.9. The van der Waals surface area contributed by atoms with Crippen LogP contribution in [0.15, 0.2) is 41.0 Å². The molecule has 2 nitrogen and oxygen atoms in total. The van der Waals surface area contributed by atoms with Crippen molar-refractivity contribution in [3.05, 3.63) is 41.0 Å². The molecule has 1 fully saturated rings. The smallest absolute Gasteiger partial charge is 0.406 e. The molecule has 0 unspecified atom stereocenters. The fourth-order valence-corrected chi connectivity index (χ4v) is 7.02. The summed E-state index contributed by atoms with van der Waals surface area (Å²) in [7, 11) is -2.08. The van der Waals surface area contributed by atoms with Crippen molar-refractivity contribution in [2.24, 2.45) is 0 Å². The predicted molar refractivity (Wildman–Crippen MR) is 112 cm³/mol. The first kappa shape index (κ1) is 20.5. The van der Waals surface area contributed by atoms with Crippen LogP contribution in [0.3, 0.4) is 0 Å². The first-order valence-electron chi connectivity index (χ1n) is 9.91. The third-order valence-electron chi connectivity index (χ3n) is 5.03. The van der Waals surface area contributed by atoms with Crippen molar-refractivity contribution in [1.29, 1.82) is 0 Å². The van der Waals surface area contributed by atoms with Crippen LogP contribution in [-0.2, 0) is 9.31 Å². The summed E-state index contributed by atoms with van der Waals surface area (Å²) >= 11 is 0. The van der Waals surface area contributed by atoms with Crippen molar-refractivity contribution in [1.82, 2.24) is 0 Å². The van der Waals surface area contributed by atoms with E-state index in [1.54, 1.807) is 5.57 Å². The van der Waals surface area contributed by atoms with Crippen LogP contribution in [-0.4, -0.2) is 27.4 Å². The highest BCUT2D eigenvalue weighted by Crippen LogP contribution is 2.33. The van der Waals surface area contributed by atoms with Gasteiger partial charge in [0.1, 0.15) is 8.07 Å². The van der Waals surface area contributed by atoms with Crippen molar-refractivity contribution in [3.63, 3.8) is 0 Å². The van der Waals surface area contributed by atoms with Crippen molar-refractivity contribution in [2.75, 3.05) is 0 Å². The van der Waals surface area contributed by atoms with Gasteiger partial charge in [0.05, 0.1) is 0 Å². The molecule has 1 aromatic carbocycles. The van der Waals surface area contributed by atoms with Gasteiger partial charge < -0.3 is 9.31 Å². The minimum absolute atomic E-state index is 0.156. The second kappa shape index (κ2) is 9.20. The molecule has 1 aromatic rings. The molecule has 2 rings (SSSR count). The summed E-state index contributed by atoms with van der Waals surface area (Å²) in [5.74, 6) is 0. The van der Waals surface area contributed by atoms with Crippen LogP contribution in [0, 0.1) is 0 Å². The standard InChI is InChI=1S/C21H35BO2Si/c1-17(2)23-22(24-18(3)4)21(19-13-9-7-10-14-19)25(5,6)20-15-11-8-12-16-20/h8,11-12,15-18H,7,9-10,13-14H2,1-6H3. The van der Waals surface area contributed by atoms with E-state index in [-0.39, 0.29) is 19.3 Å². The zero-order chi connectivity index (χ0) is 18.4. The summed E-state index contributed by atoms with van der Waals surface area (Å²) in [6, 6.07) is 11.0. The molecule has 1 aliphatic rings. The fraction of sp³-hybridized carbons (Fsp3) is 0.619. The summed E-state index contributed by atoms with van der Waals surface area (Å²) in [5, 5.41) is 2.95. The van der Waals surface area contributed by atoms with E-state index >= 15 is 0 Å². The molecule has 0 radical (unpaired) electrons. The molecule has 25 heavy (non-hydrogen) atoms. The molecule has 0 aromatic heterocycles. The second-order valence-corrected chi connectivity index (χ2v) is 12.6. The van der Waals surface area contributed by atoms with Gasteiger partial charge >= 0.3 is 7.12 Å². The summed E-state index contributed by atoms with van der Waals surface area (Å²) in [6.45, 7) is 13.3. The average molecular weight is 358 g/mol. The van der Waals surface area contributed by atoms with Gasteiger partial charge in [-0.25, -0.2) is 0 Å². The Bertz CT molecular complexity index is 549. The molecular weight excluding hydrogens is 323 g/mol. The normalized spacial score (nSPS) is 15.8. The van der Waals surface area contributed by atoms with Crippen LogP contribution >= 0.6 is 0 Å². The van der Waals surface area contributed by atoms with E-state index in [0.717, 1.165) is 0 Å². The highest BCUT2D eigenvalue weighted by atomic mass is 28.3. The zero-order valence-electron chi connectivity index (χ0n) is 17.0. The van der Waals surface area contributed by atoms with Gasteiger partial charge in [-0.1, -0.05) is 60.6 Å². The quantitative estimate of drug-likeness (QED) is 0.618. The number of hydrogen-bond donors (Lipinski definition) is 0. The molecular formula is C21H35BO2Si. The predicted octanol–water partition coefficient (Wildman–Crippen LogP) is 5.28. The molecule has 0 aliphatic heterocycles. The Labute approximate surface area is 156 Å². The minimum Gasteiger partial charge on any atom is -0.406 e. The van der Waals surface area contributed by atoms with E-state index in [4.69, 9.17) is 9.31 Å². The van der Waals surface area contributed by atoms with Gasteiger partial charge in [-0.3, -0.25) is 0 Å². The van der Waals surface area contributed by atoms with Gasteiger partial charge in [0.2, 0.25) is 0 Å². The fourth-order valence-electron chi connectivity index (χ4n) is 3.82. The van der Waals surface area contributed by atoms with Crippen molar-refractivity contribution >= 4 is 20.4 Å². The monoisotopic (exact) mass is 358 g/mol. The van der Waals surface area contributed by atoms with E-state index < -0.39 is 8.07 Å². The highest BCUT2D eigenvalue weighted by Gasteiger charge is 2.41. The largest absolute Gasteiger partial charge is 0.486 e. The molecule has 138 valence electrons. The Kier molecular flexibility index (Phi) is 7.54. The van der Waals surface area contributed by atoms with E-state index in [1.165, 1.54) is 42.4 Å². The first-order chi connectivity index (χ1) is 11.8. The van der Waals surface area contributed by atoms with E-state index in [0.29, 0.717) is 0 Å². The van der Waals surface area contributed by atoms with Crippen LogP contribution in [0.4, 0.5) is 0 Å². The lowest BCUT2D eigenvalue weighted by Crippen LogP contribution is -2.52. The van der Waals surface area contributed by atoms with Gasteiger partial charge in [0.15, 0.2) is 0 Å². The Morgan fingerprint density at radius 2 is 1.40 bits per heavy atom. The Morgan fingerprint density at radius 1 is 0.880 bits per heavy atom. The van der Waals surface area contributed by atoms with Gasteiger partial charge in [-0.2, -0.15) is 0 Å². The van der Waals surface area contributed by atoms with Crippen molar-refractivity contribution in [2.45, 2.75) is 85.1 Å². The van der Waals surface area contributed by atoms with Crippen LogP contribution in [0.2, 0.25) is 13.1 Å². The van der Waals surface area contributed by atoms with E-state index in [9.17, 15) is 0 Å². The van der Waals surface area contributed by atoms with E-state index in [2.05, 4.69) is 71.1 Å². The number of benzene rings is 1. The van der Waals surface area contributed by atoms with Crippen LogP contribution in [0.5, 0.6) is 0 Å². The van der Waals surface area contributed by atoms with Crippen molar-refractivity contribution in [3.8, 4) is 0 Å². The molecule has 0 spiro atoms. The number of hydrogen-bond acceptors (Lipinski definition) is 2. The maximum Gasteiger partial charge on any atom is 0.486 e. The highest BCUT2D eigenvalue weighted by molar-refractivity contribution is 7.04. The number of allylic oxidation sites excluding steroid dienone is 1. The topological polar surface area (TPSA) is 18.5 Å². The maximum absolute atomic E-state index is 6.34. The van der Waals surface area contributed by atoms with Gasteiger partial charge in [0, 0.05) is 12.2 Å². The summed E-state index contributed by atoms with van der Waals surface area (Å²) < 4.78 is 12.7. The molecule has 1 aliphatic carbocycles. The van der Waals surface area contributed by atoms with E-state index in [1.807, 2.05) is 0 Å². The summed E-state index contributed by atoms with van der Waals surface area (Å²) in [5.41, 5.74) is 1.61. The van der Waals surface area contributed by atoms with Gasteiger partial charge in [-0.15, -0.1) is 0 Å². The molecule has 0 N–H and O–H groups in total. The average Bonchev–Trinajstić information content (AvgIpc) is 2.55. The molecule has 0 atom stereocenters. The minimum atomic E-state index is -1.86. The second-order valence-electron chi connectivity index (χ2n) is 8.27. The maximum atomic E-state index is 6.34. The lowest BCUT2D eigenvalue weighted by atomic mass is 9.80. The molecule has 0 saturated heterocycles. The lowest BCUT2D eigenvalue weighted by molar-refractivity contribution is 0.137. The summed E-state index contributed by atoms with van der Waals surface area (Å²) in [4.78, 5) is 0. The lowest BCUT2D eigenvalue weighted by Gasteiger charge is -2.35. The van der Waals surface area contributed by atoms with Gasteiger partial charge in [0.25, 0.3) is 0 Å². The molecule has 4 heteroatoms. The molecule has 0 bridgehead atoms. The SMILES string of the molecule is CC(C)OB(OC(C)C)C(=C1CCCCC1)[Si](C)(C)c1ccccc1. The van der Waals surface area contributed by atoms with Crippen LogP contribution in [0.1, 0.15) is 59.8 Å². The van der Waals surface area contributed by atoms with Crippen molar-refractivity contribution < 1.29 is 9.31 Å². The third kappa shape index (κ3) is 5.57. The molecule has 1 saturated carbocycles. The van der Waals surface area contributed by atoms with Crippen LogP contribution < -0.4 is 5.19 Å². The summed E-state index contributed by atoms with van der Waals surface area (Å²) in [6.07, 6.45) is 6.68. The Balaban J connectivity index is 2.51. The van der Waals surface area contributed by atoms with Crippen LogP contribution in [0.25, 0.3) is 0 Å². The Hall–Kier alpha value is -0.838. The molecule has 0 amide bonds. The zero-order valence-corrected chi connectivity index (χ0v) is 18.0.